The fourth-order valence-corrected chi connectivity index (χ4v) is 2.15. The van der Waals surface area contributed by atoms with E-state index in [4.69, 9.17) is 9.88 Å². The van der Waals surface area contributed by atoms with Crippen molar-refractivity contribution in [3.05, 3.63) is 23.8 Å². The Morgan fingerprint density at radius 2 is 2.16 bits per heavy atom. The zero-order chi connectivity index (χ0) is 14.3. The zero-order valence-corrected chi connectivity index (χ0v) is 11.7. The highest BCUT2D eigenvalue weighted by molar-refractivity contribution is 7.89. The summed E-state index contributed by atoms with van der Waals surface area (Å²) in [5.74, 6) is 0.514. The van der Waals surface area contributed by atoms with E-state index in [9.17, 15) is 13.5 Å². The summed E-state index contributed by atoms with van der Waals surface area (Å²) in [6.45, 7) is 3.28. The standard InChI is InChI=1S/C12H20N2O4S/c1-2-18-11-6-3-5-10(12(11)15)9-14-7-4-8-19(13,16)17/h3,5-6,14-15H,2,4,7-9H2,1H3,(H2,13,16,17). The molecule has 0 aliphatic carbocycles. The van der Waals surface area contributed by atoms with E-state index in [-0.39, 0.29) is 11.5 Å². The van der Waals surface area contributed by atoms with E-state index < -0.39 is 10.0 Å². The van der Waals surface area contributed by atoms with Crippen LogP contribution in [0.5, 0.6) is 11.5 Å². The summed E-state index contributed by atoms with van der Waals surface area (Å²) >= 11 is 0. The summed E-state index contributed by atoms with van der Waals surface area (Å²) in [7, 11) is -3.40. The number of primary sulfonamides is 1. The molecule has 1 rings (SSSR count). The van der Waals surface area contributed by atoms with Gasteiger partial charge >= 0.3 is 0 Å². The van der Waals surface area contributed by atoms with Crippen molar-refractivity contribution in [3.63, 3.8) is 0 Å². The SMILES string of the molecule is CCOc1cccc(CNCCCS(N)(=O)=O)c1O. The number of benzene rings is 1. The Morgan fingerprint density at radius 1 is 1.42 bits per heavy atom. The van der Waals surface area contributed by atoms with Gasteiger partial charge in [0.15, 0.2) is 11.5 Å². The molecule has 0 heterocycles. The van der Waals surface area contributed by atoms with Crippen molar-refractivity contribution in [3.8, 4) is 11.5 Å². The highest BCUT2D eigenvalue weighted by Gasteiger charge is 2.07. The number of hydrogen-bond acceptors (Lipinski definition) is 5. The molecule has 0 saturated heterocycles. The van der Waals surface area contributed by atoms with E-state index in [2.05, 4.69) is 5.32 Å². The zero-order valence-electron chi connectivity index (χ0n) is 10.9. The van der Waals surface area contributed by atoms with Gasteiger partial charge in [0.05, 0.1) is 12.4 Å². The Kier molecular flexibility index (Phi) is 6.07. The van der Waals surface area contributed by atoms with Crippen LogP contribution in [-0.2, 0) is 16.6 Å². The minimum absolute atomic E-state index is 0.0506. The van der Waals surface area contributed by atoms with Gasteiger partial charge < -0.3 is 15.2 Å². The van der Waals surface area contributed by atoms with Crippen molar-refractivity contribution in [2.75, 3.05) is 18.9 Å². The summed E-state index contributed by atoms with van der Waals surface area (Å²) in [5, 5.41) is 17.9. The second-order valence-corrected chi connectivity index (χ2v) is 5.83. The molecule has 0 aliphatic heterocycles. The lowest BCUT2D eigenvalue weighted by Crippen LogP contribution is -2.22. The highest BCUT2D eigenvalue weighted by Crippen LogP contribution is 2.29. The Morgan fingerprint density at radius 3 is 2.79 bits per heavy atom. The molecular formula is C12H20N2O4S. The predicted octanol–water partition coefficient (Wildman–Crippen LogP) is 0.559. The number of hydrogen-bond donors (Lipinski definition) is 3. The van der Waals surface area contributed by atoms with E-state index in [1.54, 1.807) is 18.2 Å². The van der Waals surface area contributed by atoms with Gasteiger partial charge in [-0.2, -0.15) is 0 Å². The fraction of sp³-hybridized carbons (Fsp3) is 0.500. The predicted molar refractivity (Wildman–Crippen MR) is 73.6 cm³/mol. The van der Waals surface area contributed by atoms with Gasteiger partial charge in [0.2, 0.25) is 10.0 Å². The minimum Gasteiger partial charge on any atom is -0.504 e. The molecule has 0 atom stereocenters. The number of aromatic hydroxyl groups is 1. The Bertz CT molecular complexity index is 502. The molecule has 0 fully saturated rings. The number of sulfonamides is 1. The molecule has 6 nitrogen and oxygen atoms in total. The summed E-state index contributed by atoms with van der Waals surface area (Å²) in [6, 6.07) is 5.28. The molecule has 7 heteroatoms. The largest absolute Gasteiger partial charge is 0.504 e. The second-order valence-electron chi connectivity index (χ2n) is 4.09. The second kappa shape index (κ2) is 7.32. The maximum Gasteiger partial charge on any atom is 0.209 e. The summed E-state index contributed by atoms with van der Waals surface area (Å²) in [5.41, 5.74) is 0.710. The third-order valence-electron chi connectivity index (χ3n) is 2.48. The first-order chi connectivity index (χ1) is 8.94. The van der Waals surface area contributed by atoms with Gasteiger partial charge in [-0.05, 0) is 26.0 Å². The molecule has 1 aromatic carbocycles. The van der Waals surface area contributed by atoms with Crippen molar-refractivity contribution in [2.45, 2.75) is 19.9 Å². The molecule has 0 aromatic heterocycles. The topological polar surface area (TPSA) is 102 Å². The van der Waals surface area contributed by atoms with Gasteiger partial charge in [-0.15, -0.1) is 0 Å². The van der Waals surface area contributed by atoms with E-state index in [1.165, 1.54) is 0 Å². The monoisotopic (exact) mass is 288 g/mol. The van der Waals surface area contributed by atoms with Gasteiger partial charge in [-0.25, -0.2) is 13.6 Å². The van der Waals surface area contributed by atoms with Crippen LogP contribution in [0, 0.1) is 0 Å². The number of nitrogens with two attached hydrogens (primary N) is 1. The number of rotatable bonds is 8. The third-order valence-corrected chi connectivity index (χ3v) is 3.34. The minimum atomic E-state index is -3.40. The van der Waals surface area contributed by atoms with Crippen LogP contribution in [0.15, 0.2) is 18.2 Å². The van der Waals surface area contributed by atoms with Gasteiger partial charge in [0, 0.05) is 12.1 Å². The van der Waals surface area contributed by atoms with Crippen molar-refractivity contribution in [2.24, 2.45) is 5.14 Å². The average molecular weight is 288 g/mol. The van der Waals surface area contributed by atoms with Crippen LogP contribution in [0.3, 0.4) is 0 Å². The fourth-order valence-electron chi connectivity index (χ4n) is 1.60. The number of phenolic OH excluding ortho intramolecular Hbond substituents is 1. The first-order valence-electron chi connectivity index (χ1n) is 6.09. The molecule has 0 saturated carbocycles. The number of para-hydroxylation sites is 1. The van der Waals surface area contributed by atoms with Crippen molar-refractivity contribution >= 4 is 10.0 Å². The molecule has 0 unspecified atom stereocenters. The highest BCUT2D eigenvalue weighted by atomic mass is 32.2. The number of phenols is 1. The van der Waals surface area contributed by atoms with E-state index in [0.717, 1.165) is 0 Å². The molecule has 1 aromatic rings. The molecule has 0 spiro atoms. The van der Waals surface area contributed by atoms with E-state index >= 15 is 0 Å². The van der Waals surface area contributed by atoms with Crippen LogP contribution in [0.4, 0.5) is 0 Å². The Hall–Kier alpha value is -1.31. The number of ether oxygens (including phenoxy) is 1. The molecule has 0 amide bonds. The van der Waals surface area contributed by atoms with Gasteiger partial charge in [0.1, 0.15) is 0 Å². The van der Waals surface area contributed by atoms with E-state index in [1.807, 2.05) is 6.92 Å². The van der Waals surface area contributed by atoms with Crippen LogP contribution in [0.2, 0.25) is 0 Å². The molecule has 108 valence electrons. The molecule has 0 radical (unpaired) electrons. The molecule has 0 aliphatic rings. The molecule has 0 bridgehead atoms. The lowest BCUT2D eigenvalue weighted by atomic mass is 10.2. The molecule has 4 N–H and O–H groups in total. The maximum atomic E-state index is 10.7. The Labute approximate surface area is 113 Å². The maximum absolute atomic E-state index is 10.7. The third kappa shape index (κ3) is 5.91. The summed E-state index contributed by atoms with van der Waals surface area (Å²) in [4.78, 5) is 0. The summed E-state index contributed by atoms with van der Waals surface area (Å²) in [6.07, 6.45) is 0.435. The first-order valence-corrected chi connectivity index (χ1v) is 7.80. The first kappa shape index (κ1) is 15.7. The van der Waals surface area contributed by atoms with Crippen LogP contribution >= 0.6 is 0 Å². The molecule has 19 heavy (non-hydrogen) atoms. The molecular weight excluding hydrogens is 268 g/mol. The Balaban J connectivity index is 2.43. The smallest absolute Gasteiger partial charge is 0.209 e. The van der Waals surface area contributed by atoms with Gasteiger partial charge in [-0.1, -0.05) is 12.1 Å². The van der Waals surface area contributed by atoms with Crippen LogP contribution in [0.1, 0.15) is 18.9 Å². The lowest BCUT2D eigenvalue weighted by molar-refractivity contribution is 0.316. The van der Waals surface area contributed by atoms with Crippen LogP contribution in [-0.4, -0.2) is 32.4 Å². The van der Waals surface area contributed by atoms with Crippen LogP contribution < -0.4 is 15.2 Å². The normalized spacial score (nSPS) is 11.5. The average Bonchev–Trinajstić information content (AvgIpc) is 2.32. The van der Waals surface area contributed by atoms with E-state index in [0.29, 0.717) is 37.4 Å². The van der Waals surface area contributed by atoms with Gasteiger partial charge in [-0.3, -0.25) is 0 Å². The van der Waals surface area contributed by atoms with Crippen LogP contribution in [0.25, 0.3) is 0 Å². The van der Waals surface area contributed by atoms with Crippen molar-refractivity contribution in [1.29, 1.82) is 0 Å². The summed E-state index contributed by atoms with van der Waals surface area (Å²) < 4.78 is 26.7. The quantitative estimate of drug-likeness (QED) is 0.607. The van der Waals surface area contributed by atoms with Crippen molar-refractivity contribution < 1.29 is 18.3 Å². The van der Waals surface area contributed by atoms with Crippen molar-refractivity contribution in [1.82, 2.24) is 5.32 Å². The number of nitrogens with one attached hydrogen (secondary N) is 1. The van der Waals surface area contributed by atoms with Gasteiger partial charge in [0.25, 0.3) is 0 Å². The lowest BCUT2D eigenvalue weighted by Gasteiger charge is -2.10.